The highest BCUT2D eigenvalue weighted by Crippen LogP contribution is 2.13. The number of rotatable bonds is 5. The molecule has 3 heteroatoms. The predicted molar refractivity (Wildman–Crippen MR) is 56.0 cm³/mol. The Morgan fingerprint density at radius 3 is 2.43 bits per heavy atom. The molecule has 0 bridgehead atoms. The molecule has 0 amide bonds. The Morgan fingerprint density at radius 1 is 1.21 bits per heavy atom. The summed E-state index contributed by atoms with van der Waals surface area (Å²) >= 11 is 0. The van der Waals surface area contributed by atoms with Crippen LogP contribution in [0.5, 0.6) is 0 Å². The van der Waals surface area contributed by atoms with Crippen molar-refractivity contribution in [1.29, 1.82) is 0 Å². The molecular weight excluding hydrogens is 181 g/mol. The number of hydrogen-bond acceptors (Lipinski definition) is 2. The summed E-state index contributed by atoms with van der Waals surface area (Å²) in [5.74, 6) is -0.211. The summed E-state index contributed by atoms with van der Waals surface area (Å²) in [6.07, 6.45) is 1.76. The highest BCUT2D eigenvalue weighted by atomic mass is 19.1. The molecule has 0 saturated carbocycles. The number of benzene rings is 1. The van der Waals surface area contributed by atoms with E-state index in [9.17, 15) is 4.39 Å². The Morgan fingerprint density at radius 2 is 1.86 bits per heavy atom. The van der Waals surface area contributed by atoms with Gasteiger partial charge in [0.25, 0.3) is 0 Å². The van der Waals surface area contributed by atoms with Crippen molar-refractivity contribution < 1.29 is 9.50 Å². The number of anilines is 1. The average molecular weight is 197 g/mol. The second kappa shape index (κ2) is 5.60. The molecule has 14 heavy (non-hydrogen) atoms. The topological polar surface area (TPSA) is 23.5 Å². The summed E-state index contributed by atoms with van der Waals surface area (Å²) < 4.78 is 12.6. The minimum atomic E-state index is -0.211. The number of nitrogens with zero attached hydrogens (tertiary/aromatic N) is 1. The van der Waals surface area contributed by atoms with Crippen LogP contribution in [0, 0.1) is 5.82 Å². The van der Waals surface area contributed by atoms with Gasteiger partial charge in [0.2, 0.25) is 0 Å². The first-order chi connectivity index (χ1) is 6.74. The highest BCUT2D eigenvalue weighted by Gasteiger charge is 1.99. The Hall–Kier alpha value is -1.09. The molecular formula is C11H16FNO. The van der Waals surface area contributed by atoms with Gasteiger partial charge in [0.15, 0.2) is 0 Å². The van der Waals surface area contributed by atoms with Gasteiger partial charge in [-0.05, 0) is 37.1 Å². The Bertz CT molecular complexity index is 260. The van der Waals surface area contributed by atoms with Crippen LogP contribution in [-0.2, 0) is 0 Å². The average Bonchev–Trinajstić information content (AvgIpc) is 2.19. The van der Waals surface area contributed by atoms with Gasteiger partial charge in [0.05, 0.1) is 0 Å². The van der Waals surface area contributed by atoms with Crippen molar-refractivity contribution in [1.82, 2.24) is 0 Å². The lowest BCUT2D eigenvalue weighted by Gasteiger charge is -2.18. The van der Waals surface area contributed by atoms with Crippen molar-refractivity contribution in [3.8, 4) is 0 Å². The molecule has 0 heterocycles. The number of halogens is 1. The van der Waals surface area contributed by atoms with Crippen LogP contribution in [0.4, 0.5) is 10.1 Å². The van der Waals surface area contributed by atoms with Crippen molar-refractivity contribution in [2.24, 2.45) is 0 Å². The smallest absolute Gasteiger partial charge is 0.123 e. The van der Waals surface area contributed by atoms with Gasteiger partial charge in [-0.25, -0.2) is 4.39 Å². The lowest BCUT2D eigenvalue weighted by atomic mass is 10.2. The molecule has 0 aliphatic rings. The maximum Gasteiger partial charge on any atom is 0.123 e. The van der Waals surface area contributed by atoms with Crippen molar-refractivity contribution in [2.75, 3.05) is 25.1 Å². The van der Waals surface area contributed by atoms with E-state index in [1.54, 1.807) is 12.1 Å². The van der Waals surface area contributed by atoms with Crippen LogP contribution in [-0.4, -0.2) is 25.3 Å². The molecule has 78 valence electrons. The van der Waals surface area contributed by atoms with E-state index in [0.717, 1.165) is 25.1 Å². The first-order valence-electron chi connectivity index (χ1n) is 4.81. The van der Waals surface area contributed by atoms with Gasteiger partial charge < -0.3 is 10.0 Å². The minimum Gasteiger partial charge on any atom is -0.396 e. The molecule has 1 rings (SSSR count). The van der Waals surface area contributed by atoms with Gasteiger partial charge in [0, 0.05) is 25.9 Å². The molecule has 1 aromatic carbocycles. The molecule has 0 saturated heterocycles. The summed E-state index contributed by atoms with van der Waals surface area (Å²) in [6, 6.07) is 6.43. The monoisotopic (exact) mass is 197 g/mol. The molecule has 1 N–H and O–H groups in total. The van der Waals surface area contributed by atoms with Gasteiger partial charge in [-0.3, -0.25) is 0 Å². The lowest BCUT2D eigenvalue weighted by Crippen LogP contribution is -2.18. The summed E-state index contributed by atoms with van der Waals surface area (Å²) in [4.78, 5) is 2.05. The lowest BCUT2D eigenvalue weighted by molar-refractivity contribution is 0.285. The second-order valence-corrected chi connectivity index (χ2v) is 3.33. The standard InChI is InChI=1S/C11H16FNO/c1-13(8-2-3-9-14)11-6-4-10(12)5-7-11/h4-7,14H,2-3,8-9H2,1H3. The number of unbranched alkanes of at least 4 members (excludes halogenated alkanes) is 1. The van der Waals surface area contributed by atoms with Crippen molar-refractivity contribution in [2.45, 2.75) is 12.8 Å². The van der Waals surface area contributed by atoms with E-state index in [1.807, 2.05) is 7.05 Å². The number of aliphatic hydroxyl groups excluding tert-OH is 1. The molecule has 1 aromatic rings. The molecule has 0 unspecified atom stereocenters. The van der Waals surface area contributed by atoms with Gasteiger partial charge in [-0.15, -0.1) is 0 Å². The Labute approximate surface area is 84.0 Å². The SMILES string of the molecule is CN(CCCCO)c1ccc(F)cc1. The first kappa shape index (κ1) is 11.0. The third kappa shape index (κ3) is 3.34. The van der Waals surface area contributed by atoms with Gasteiger partial charge in [0.1, 0.15) is 5.82 Å². The zero-order valence-electron chi connectivity index (χ0n) is 8.41. The zero-order chi connectivity index (χ0) is 10.4. The fourth-order valence-corrected chi connectivity index (χ4v) is 1.29. The maximum absolute atomic E-state index is 12.6. The molecule has 0 aliphatic carbocycles. The molecule has 0 radical (unpaired) electrons. The molecule has 0 aliphatic heterocycles. The Kier molecular flexibility index (Phi) is 4.40. The van der Waals surface area contributed by atoms with Crippen LogP contribution >= 0.6 is 0 Å². The third-order valence-electron chi connectivity index (χ3n) is 2.17. The van der Waals surface area contributed by atoms with E-state index in [4.69, 9.17) is 5.11 Å². The van der Waals surface area contributed by atoms with Crippen LogP contribution in [0.2, 0.25) is 0 Å². The van der Waals surface area contributed by atoms with Crippen LogP contribution in [0.1, 0.15) is 12.8 Å². The fraction of sp³-hybridized carbons (Fsp3) is 0.455. The van der Waals surface area contributed by atoms with Gasteiger partial charge in [-0.1, -0.05) is 0 Å². The van der Waals surface area contributed by atoms with E-state index in [2.05, 4.69) is 4.90 Å². The van der Waals surface area contributed by atoms with Crippen molar-refractivity contribution in [3.05, 3.63) is 30.1 Å². The summed E-state index contributed by atoms with van der Waals surface area (Å²) in [5, 5.41) is 8.62. The first-order valence-corrected chi connectivity index (χ1v) is 4.81. The largest absolute Gasteiger partial charge is 0.396 e. The molecule has 0 fully saturated rings. The van der Waals surface area contributed by atoms with Crippen LogP contribution < -0.4 is 4.90 Å². The number of hydrogen-bond donors (Lipinski definition) is 1. The minimum absolute atomic E-state index is 0.211. The highest BCUT2D eigenvalue weighted by molar-refractivity contribution is 5.45. The molecule has 2 nitrogen and oxygen atoms in total. The van der Waals surface area contributed by atoms with Gasteiger partial charge >= 0.3 is 0 Å². The van der Waals surface area contributed by atoms with E-state index < -0.39 is 0 Å². The quantitative estimate of drug-likeness (QED) is 0.730. The number of aliphatic hydroxyl groups is 1. The van der Waals surface area contributed by atoms with Crippen LogP contribution in [0.3, 0.4) is 0 Å². The predicted octanol–water partition coefficient (Wildman–Crippen LogP) is 2.03. The van der Waals surface area contributed by atoms with E-state index >= 15 is 0 Å². The van der Waals surface area contributed by atoms with E-state index in [1.165, 1.54) is 12.1 Å². The second-order valence-electron chi connectivity index (χ2n) is 3.33. The summed E-state index contributed by atoms with van der Waals surface area (Å²) in [5.41, 5.74) is 1.00. The maximum atomic E-state index is 12.6. The summed E-state index contributed by atoms with van der Waals surface area (Å²) in [7, 11) is 1.96. The fourth-order valence-electron chi connectivity index (χ4n) is 1.29. The van der Waals surface area contributed by atoms with E-state index in [-0.39, 0.29) is 12.4 Å². The normalized spacial score (nSPS) is 10.2. The van der Waals surface area contributed by atoms with Crippen LogP contribution in [0.15, 0.2) is 24.3 Å². The molecule has 0 atom stereocenters. The summed E-state index contributed by atoms with van der Waals surface area (Å²) in [6.45, 7) is 1.11. The molecule has 0 spiro atoms. The van der Waals surface area contributed by atoms with Gasteiger partial charge in [-0.2, -0.15) is 0 Å². The third-order valence-corrected chi connectivity index (χ3v) is 2.17. The Balaban J connectivity index is 2.43. The molecule has 0 aromatic heterocycles. The van der Waals surface area contributed by atoms with Crippen LogP contribution in [0.25, 0.3) is 0 Å². The zero-order valence-corrected chi connectivity index (χ0v) is 8.41. The van der Waals surface area contributed by atoms with E-state index in [0.29, 0.717) is 0 Å². The van der Waals surface area contributed by atoms with Crippen molar-refractivity contribution in [3.63, 3.8) is 0 Å². The van der Waals surface area contributed by atoms with Crippen molar-refractivity contribution >= 4 is 5.69 Å².